The minimum Gasteiger partial charge on any atom is -0.384 e. The molecule has 0 aliphatic carbocycles. The van der Waals surface area contributed by atoms with Gasteiger partial charge in [-0.2, -0.15) is 0 Å². The standard InChI is InChI=1S/C8H9BN2/c1-11-8(10)6-3-2-4-7(9)5-6/h2-5H,1H3,(H2,10,11). The van der Waals surface area contributed by atoms with Crippen molar-refractivity contribution in [1.82, 2.24) is 0 Å². The van der Waals surface area contributed by atoms with Gasteiger partial charge in [0.15, 0.2) is 0 Å². The van der Waals surface area contributed by atoms with Gasteiger partial charge in [0.25, 0.3) is 0 Å². The van der Waals surface area contributed by atoms with Crippen LogP contribution in [0.3, 0.4) is 0 Å². The minimum atomic E-state index is 0.511. The van der Waals surface area contributed by atoms with Crippen LogP contribution >= 0.6 is 0 Å². The highest BCUT2D eigenvalue weighted by atomic mass is 14.8. The Labute approximate surface area is 67.5 Å². The second kappa shape index (κ2) is 3.24. The van der Waals surface area contributed by atoms with Gasteiger partial charge in [0.2, 0.25) is 0 Å². The van der Waals surface area contributed by atoms with Gasteiger partial charge in [0.1, 0.15) is 13.7 Å². The zero-order valence-corrected chi connectivity index (χ0v) is 6.41. The van der Waals surface area contributed by atoms with Crippen molar-refractivity contribution in [3.63, 3.8) is 0 Å². The average molecular weight is 144 g/mol. The fourth-order valence-electron chi connectivity index (χ4n) is 0.827. The van der Waals surface area contributed by atoms with Gasteiger partial charge in [-0.05, 0) is 0 Å². The first-order valence-electron chi connectivity index (χ1n) is 3.32. The molecule has 3 heteroatoms. The fraction of sp³-hybridized carbons (Fsp3) is 0.125. The molecule has 0 aromatic heterocycles. The van der Waals surface area contributed by atoms with Crippen molar-refractivity contribution in [3.8, 4) is 0 Å². The van der Waals surface area contributed by atoms with Crippen LogP contribution in [-0.4, -0.2) is 20.7 Å². The van der Waals surface area contributed by atoms with Crippen molar-refractivity contribution in [2.75, 3.05) is 7.05 Å². The second-order valence-electron chi connectivity index (χ2n) is 2.23. The first-order chi connectivity index (χ1) is 5.24. The third-order valence-corrected chi connectivity index (χ3v) is 1.42. The molecule has 0 bridgehead atoms. The number of rotatable bonds is 1. The maximum absolute atomic E-state index is 5.56. The first-order valence-corrected chi connectivity index (χ1v) is 3.32. The van der Waals surface area contributed by atoms with Crippen LogP contribution in [0.1, 0.15) is 5.56 Å². The number of hydrogen-bond acceptors (Lipinski definition) is 1. The smallest absolute Gasteiger partial charge is 0.125 e. The summed E-state index contributed by atoms with van der Waals surface area (Å²) in [5, 5.41) is 0. The molecule has 0 saturated carbocycles. The second-order valence-corrected chi connectivity index (χ2v) is 2.23. The predicted octanol–water partition coefficient (Wildman–Crippen LogP) is -0.185. The summed E-state index contributed by atoms with van der Waals surface area (Å²) >= 11 is 0. The van der Waals surface area contributed by atoms with E-state index in [0.29, 0.717) is 11.3 Å². The van der Waals surface area contributed by atoms with Gasteiger partial charge in [0.05, 0.1) is 0 Å². The quantitative estimate of drug-likeness (QED) is 0.331. The van der Waals surface area contributed by atoms with E-state index >= 15 is 0 Å². The molecule has 54 valence electrons. The molecular formula is C8H9BN2. The van der Waals surface area contributed by atoms with E-state index in [1.54, 1.807) is 13.1 Å². The van der Waals surface area contributed by atoms with Gasteiger partial charge in [-0.1, -0.05) is 29.7 Å². The molecule has 0 atom stereocenters. The van der Waals surface area contributed by atoms with Crippen molar-refractivity contribution in [3.05, 3.63) is 29.8 Å². The van der Waals surface area contributed by atoms with Gasteiger partial charge in [-0.15, -0.1) is 0 Å². The molecule has 0 amide bonds. The molecule has 11 heavy (non-hydrogen) atoms. The van der Waals surface area contributed by atoms with E-state index in [1.165, 1.54) is 0 Å². The van der Waals surface area contributed by atoms with Crippen molar-refractivity contribution < 1.29 is 0 Å². The predicted molar refractivity (Wildman–Crippen MR) is 48.5 cm³/mol. The maximum atomic E-state index is 5.56. The molecule has 1 aromatic rings. The fourth-order valence-corrected chi connectivity index (χ4v) is 0.827. The third kappa shape index (κ3) is 1.83. The van der Waals surface area contributed by atoms with Crippen LogP contribution in [-0.2, 0) is 0 Å². The molecule has 0 spiro atoms. The summed E-state index contributed by atoms with van der Waals surface area (Å²) in [7, 11) is 7.19. The Hall–Kier alpha value is -1.25. The van der Waals surface area contributed by atoms with Crippen LogP contribution in [0.5, 0.6) is 0 Å². The highest BCUT2D eigenvalue weighted by Crippen LogP contribution is 1.94. The van der Waals surface area contributed by atoms with E-state index in [0.717, 1.165) is 5.56 Å². The Bertz CT molecular complexity index is 281. The Morgan fingerprint density at radius 1 is 1.55 bits per heavy atom. The summed E-state index contributed by atoms with van der Waals surface area (Å²) in [6.07, 6.45) is 0. The lowest BCUT2D eigenvalue weighted by molar-refractivity contribution is 1.39. The van der Waals surface area contributed by atoms with Gasteiger partial charge in [0, 0.05) is 12.6 Å². The van der Waals surface area contributed by atoms with Crippen LogP contribution in [0.4, 0.5) is 0 Å². The maximum Gasteiger partial charge on any atom is 0.125 e. The minimum absolute atomic E-state index is 0.511. The van der Waals surface area contributed by atoms with Crippen molar-refractivity contribution in [2.45, 2.75) is 0 Å². The molecule has 1 aromatic carbocycles. The Kier molecular flexibility index (Phi) is 2.31. The van der Waals surface area contributed by atoms with E-state index < -0.39 is 0 Å². The van der Waals surface area contributed by atoms with E-state index in [4.69, 9.17) is 13.6 Å². The molecule has 0 heterocycles. The molecular weight excluding hydrogens is 135 g/mol. The lowest BCUT2D eigenvalue weighted by Crippen LogP contribution is -2.15. The summed E-state index contributed by atoms with van der Waals surface area (Å²) in [6.45, 7) is 0. The zero-order valence-electron chi connectivity index (χ0n) is 6.41. The Morgan fingerprint density at radius 2 is 2.27 bits per heavy atom. The summed E-state index contributed by atoms with van der Waals surface area (Å²) in [4.78, 5) is 3.84. The van der Waals surface area contributed by atoms with Gasteiger partial charge in [-0.25, -0.2) is 0 Å². The van der Waals surface area contributed by atoms with E-state index in [1.807, 2.05) is 18.2 Å². The van der Waals surface area contributed by atoms with Crippen molar-refractivity contribution >= 4 is 19.1 Å². The Balaban J connectivity index is 3.06. The number of amidine groups is 1. The number of aliphatic imine (C=N–C) groups is 1. The monoisotopic (exact) mass is 144 g/mol. The molecule has 0 aliphatic rings. The van der Waals surface area contributed by atoms with E-state index in [9.17, 15) is 0 Å². The number of hydrogen-bond donors (Lipinski definition) is 1. The summed E-state index contributed by atoms with van der Waals surface area (Å²) in [6, 6.07) is 7.33. The van der Waals surface area contributed by atoms with E-state index in [2.05, 4.69) is 4.99 Å². The number of nitrogens with two attached hydrogens (primary N) is 1. The first kappa shape index (κ1) is 7.86. The van der Waals surface area contributed by atoms with Crippen LogP contribution in [0.15, 0.2) is 29.3 Å². The van der Waals surface area contributed by atoms with Crippen LogP contribution < -0.4 is 11.2 Å². The lowest BCUT2D eigenvalue weighted by Gasteiger charge is -1.99. The SMILES string of the molecule is [B]c1cccc(C(N)=NC)c1. The topological polar surface area (TPSA) is 38.4 Å². The summed E-state index contributed by atoms with van der Waals surface area (Å²) in [5.41, 5.74) is 7.13. The summed E-state index contributed by atoms with van der Waals surface area (Å²) < 4.78 is 0. The molecule has 2 radical (unpaired) electrons. The largest absolute Gasteiger partial charge is 0.384 e. The van der Waals surface area contributed by atoms with Gasteiger partial charge >= 0.3 is 0 Å². The van der Waals surface area contributed by atoms with Crippen LogP contribution in [0, 0.1) is 0 Å². The highest BCUT2D eigenvalue weighted by molar-refractivity contribution is 6.32. The zero-order chi connectivity index (χ0) is 8.27. The third-order valence-electron chi connectivity index (χ3n) is 1.42. The van der Waals surface area contributed by atoms with Crippen LogP contribution in [0.2, 0.25) is 0 Å². The molecule has 0 unspecified atom stereocenters. The molecule has 0 fully saturated rings. The molecule has 0 saturated heterocycles. The van der Waals surface area contributed by atoms with E-state index in [-0.39, 0.29) is 0 Å². The summed E-state index contributed by atoms with van der Waals surface area (Å²) in [5.74, 6) is 0.511. The van der Waals surface area contributed by atoms with Gasteiger partial charge in [-0.3, -0.25) is 4.99 Å². The molecule has 1 rings (SSSR count). The number of nitrogens with zero attached hydrogens (tertiary/aromatic N) is 1. The van der Waals surface area contributed by atoms with Crippen molar-refractivity contribution in [2.24, 2.45) is 10.7 Å². The van der Waals surface area contributed by atoms with Crippen molar-refractivity contribution in [1.29, 1.82) is 0 Å². The van der Waals surface area contributed by atoms with Gasteiger partial charge < -0.3 is 5.73 Å². The molecule has 0 aliphatic heterocycles. The highest BCUT2D eigenvalue weighted by Gasteiger charge is 1.94. The normalized spacial score (nSPS) is 11.5. The number of benzene rings is 1. The average Bonchev–Trinajstić information content (AvgIpc) is 2.03. The lowest BCUT2D eigenvalue weighted by atomic mass is 9.94. The Morgan fingerprint density at radius 3 is 2.82 bits per heavy atom. The molecule has 2 N–H and O–H groups in total. The van der Waals surface area contributed by atoms with Crippen LogP contribution in [0.25, 0.3) is 0 Å². The molecule has 2 nitrogen and oxygen atoms in total.